The number of likely N-dealkylation sites (tertiary alicyclic amines) is 1. The maximum absolute atomic E-state index is 12.0. The highest BCUT2D eigenvalue weighted by molar-refractivity contribution is 5.81. The molecule has 0 aromatic heterocycles. The first kappa shape index (κ1) is 15.0. The standard InChI is InChI=1S/C14H25NO3/c1-10(2)12(16)9-11-7-6-8-15(11)13(17)18-14(3,4)5/h10-11H,6-9H2,1-5H3. The molecule has 1 aliphatic rings. The summed E-state index contributed by atoms with van der Waals surface area (Å²) in [5.74, 6) is 0.251. The van der Waals surface area contributed by atoms with Gasteiger partial charge in [-0.05, 0) is 33.6 Å². The van der Waals surface area contributed by atoms with Gasteiger partial charge >= 0.3 is 6.09 Å². The Morgan fingerprint density at radius 1 is 1.33 bits per heavy atom. The van der Waals surface area contributed by atoms with E-state index in [1.807, 2.05) is 34.6 Å². The summed E-state index contributed by atoms with van der Waals surface area (Å²) in [4.78, 5) is 25.5. The highest BCUT2D eigenvalue weighted by atomic mass is 16.6. The van der Waals surface area contributed by atoms with Crippen LogP contribution in [0.4, 0.5) is 4.79 Å². The van der Waals surface area contributed by atoms with E-state index in [-0.39, 0.29) is 23.8 Å². The molecule has 1 amide bonds. The third-order valence-corrected chi connectivity index (χ3v) is 3.09. The maximum atomic E-state index is 12.0. The molecule has 1 aliphatic heterocycles. The Hall–Kier alpha value is -1.06. The number of Topliss-reactive ketones (excluding diaryl/α,β-unsaturated/α-hetero) is 1. The van der Waals surface area contributed by atoms with Crippen LogP contribution in [0, 0.1) is 5.92 Å². The number of carbonyl (C=O) groups excluding carboxylic acids is 2. The summed E-state index contributed by atoms with van der Waals surface area (Å²) >= 11 is 0. The highest BCUT2D eigenvalue weighted by Gasteiger charge is 2.33. The Morgan fingerprint density at radius 3 is 2.44 bits per heavy atom. The fourth-order valence-electron chi connectivity index (χ4n) is 2.08. The molecule has 4 nitrogen and oxygen atoms in total. The largest absolute Gasteiger partial charge is 0.444 e. The predicted octanol–water partition coefficient (Wildman–Crippen LogP) is 3.00. The molecule has 0 N–H and O–H groups in total. The van der Waals surface area contributed by atoms with Crippen molar-refractivity contribution in [2.24, 2.45) is 5.92 Å². The predicted molar refractivity (Wildman–Crippen MR) is 70.4 cm³/mol. The molecule has 0 aliphatic carbocycles. The molecule has 4 heteroatoms. The van der Waals surface area contributed by atoms with Crippen molar-refractivity contribution < 1.29 is 14.3 Å². The second-order valence-corrected chi connectivity index (χ2v) is 6.29. The van der Waals surface area contributed by atoms with Gasteiger partial charge in [0, 0.05) is 24.9 Å². The molecule has 1 rings (SSSR count). The van der Waals surface area contributed by atoms with Crippen molar-refractivity contribution in [2.75, 3.05) is 6.54 Å². The third-order valence-electron chi connectivity index (χ3n) is 3.09. The van der Waals surface area contributed by atoms with Crippen molar-refractivity contribution in [1.29, 1.82) is 0 Å². The van der Waals surface area contributed by atoms with Gasteiger partial charge in [-0.25, -0.2) is 4.79 Å². The number of ketones is 1. The van der Waals surface area contributed by atoms with Gasteiger partial charge in [0.2, 0.25) is 0 Å². The lowest BCUT2D eigenvalue weighted by Gasteiger charge is -2.28. The lowest BCUT2D eigenvalue weighted by atomic mass is 10.0. The van der Waals surface area contributed by atoms with Gasteiger partial charge in [0.25, 0.3) is 0 Å². The zero-order valence-corrected chi connectivity index (χ0v) is 12.2. The van der Waals surface area contributed by atoms with E-state index in [0.29, 0.717) is 13.0 Å². The van der Waals surface area contributed by atoms with Crippen LogP contribution in [0.2, 0.25) is 0 Å². The van der Waals surface area contributed by atoms with E-state index in [2.05, 4.69) is 0 Å². The minimum absolute atomic E-state index is 0.0229. The van der Waals surface area contributed by atoms with Crippen LogP contribution < -0.4 is 0 Å². The first-order chi connectivity index (χ1) is 8.20. The Balaban J connectivity index is 2.59. The summed E-state index contributed by atoms with van der Waals surface area (Å²) in [7, 11) is 0. The van der Waals surface area contributed by atoms with E-state index in [4.69, 9.17) is 4.74 Å². The molecule has 1 fully saturated rings. The molecule has 104 valence electrons. The van der Waals surface area contributed by atoms with Gasteiger partial charge in [-0.15, -0.1) is 0 Å². The lowest BCUT2D eigenvalue weighted by molar-refractivity contribution is -0.122. The summed E-state index contributed by atoms with van der Waals surface area (Å²) < 4.78 is 5.37. The molecule has 1 unspecified atom stereocenters. The van der Waals surface area contributed by atoms with Gasteiger partial charge in [0.05, 0.1) is 0 Å². The van der Waals surface area contributed by atoms with Gasteiger partial charge in [-0.2, -0.15) is 0 Å². The van der Waals surface area contributed by atoms with E-state index >= 15 is 0 Å². The average Bonchev–Trinajstić information content (AvgIpc) is 2.62. The van der Waals surface area contributed by atoms with E-state index in [1.54, 1.807) is 4.90 Å². The number of amides is 1. The molecule has 18 heavy (non-hydrogen) atoms. The molecular weight excluding hydrogens is 230 g/mol. The SMILES string of the molecule is CC(C)C(=O)CC1CCCN1C(=O)OC(C)(C)C. The Kier molecular flexibility index (Phi) is 4.77. The zero-order chi connectivity index (χ0) is 13.9. The summed E-state index contributed by atoms with van der Waals surface area (Å²) in [5.41, 5.74) is -0.480. The van der Waals surface area contributed by atoms with Crippen LogP contribution in [-0.4, -0.2) is 35.0 Å². The summed E-state index contributed by atoms with van der Waals surface area (Å²) in [5, 5.41) is 0. The van der Waals surface area contributed by atoms with Crippen LogP contribution in [0.1, 0.15) is 53.9 Å². The highest BCUT2D eigenvalue weighted by Crippen LogP contribution is 2.24. The number of nitrogens with zero attached hydrogens (tertiary/aromatic N) is 1. The van der Waals surface area contributed by atoms with Crippen molar-refractivity contribution >= 4 is 11.9 Å². The van der Waals surface area contributed by atoms with Gasteiger partial charge in [-0.3, -0.25) is 4.79 Å². The molecule has 1 saturated heterocycles. The Morgan fingerprint density at radius 2 is 1.94 bits per heavy atom. The van der Waals surface area contributed by atoms with Crippen LogP contribution in [0.25, 0.3) is 0 Å². The second kappa shape index (κ2) is 5.72. The maximum Gasteiger partial charge on any atom is 0.410 e. The number of rotatable bonds is 3. The molecule has 0 radical (unpaired) electrons. The summed E-state index contributed by atoms with van der Waals surface area (Å²) in [6, 6.07) is 0.0229. The van der Waals surface area contributed by atoms with Crippen molar-refractivity contribution in [3.05, 3.63) is 0 Å². The summed E-state index contributed by atoms with van der Waals surface area (Å²) in [6.07, 6.45) is 2.02. The molecule has 1 heterocycles. The molecular formula is C14H25NO3. The van der Waals surface area contributed by atoms with Gasteiger partial charge in [0.1, 0.15) is 11.4 Å². The number of ether oxygens (including phenoxy) is 1. The van der Waals surface area contributed by atoms with Crippen molar-refractivity contribution in [2.45, 2.75) is 65.5 Å². The van der Waals surface area contributed by atoms with Gasteiger partial charge < -0.3 is 9.64 Å². The fourth-order valence-corrected chi connectivity index (χ4v) is 2.08. The second-order valence-electron chi connectivity index (χ2n) is 6.29. The fraction of sp³-hybridized carbons (Fsp3) is 0.857. The number of hydrogen-bond donors (Lipinski definition) is 0. The summed E-state index contributed by atoms with van der Waals surface area (Å²) in [6.45, 7) is 10.1. The molecule has 0 aromatic rings. The van der Waals surface area contributed by atoms with Crippen molar-refractivity contribution in [3.63, 3.8) is 0 Å². The minimum Gasteiger partial charge on any atom is -0.444 e. The monoisotopic (exact) mass is 255 g/mol. The van der Waals surface area contributed by atoms with E-state index in [9.17, 15) is 9.59 Å². The Bertz CT molecular complexity index is 317. The van der Waals surface area contributed by atoms with Crippen LogP contribution in [0.15, 0.2) is 0 Å². The number of hydrogen-bond acceptors (Lipinski definition) is 3. The van der Waals surface area contributed by atoms with E-state index in [0.717, 1.165) is 12.8 Å². The van der Waals surface area contributed by atoms with Crippen LogP contribution >= 0.6 is 0 Å². The first-order valence-electron chi connectivity index (χ1n) is 6.73. The molecule has 0 saturated carbocycles. The lowest BCUT2D eigenvalue weighted by Crippen LogP contribution is -2.41. The molecule has 0 spiro atoms. The smallest absolute Gasteiger partial charge is 0.410 e. The topological polar surface area (TPSA) is 46.6 Å². The average molecular weight is 255 g/mol. The molecule has 1 atom stereocenters. The zero-order valence-electron chi connectivity index (χ0n) is 12.2. The van der Waals surface area contributed by atoms with E-state index in [1.165, 1.54) is 0 Å². The quantitative estimate of drug-likeness (QED) is 0.778. The van der Waals surface area contributed by atoms with Crippen molar-refractivity contribution in [1.82, 2.24) is 4.90 Å². The molecule has 0 bridgehead atoms. The Labute approximate surface area is 110 Å². The van der Waals surface area contributed by atoms with Crippen molar-refractivity contribution in [3.8, 4) is 0 Å². The van der Waals surface area contributed by atoms with Crippen LogP contribution in [0.3, 0.4) is 0 Å². The van der Waals surface area contributed by atoms with Gasteiger partial charge in [-0.1, -0.05) is 13.8 Å². The minimum atomic E-state index is -0.480. The molecule has 0 aromatic carbocycles. The normalized spacial score (nSPS) is 20.3. The van der Waals surface area contributed by atoms with E-state index < -0.39 is 5.60 Å². The first-order valence-corrected chi connectivity index (χ1v) is 6.73. The van der Waals surface area contributed by atoms with Gasteiger partial charge in [0.15, 0.2) is 0 Å². The van der Waals surface area contributed by atoms with Crippen LogP contribution in [0.5, 0.6) is 0 Å². The van der Waals surface area contributed by atoms with Crippen LogP contribution in [-0.2, 0) is 9.53 Å². The number of carbonyl (C=O) groups is 2. The third kappa shape index (κ3) is 4.31.